The van der Waals surface area contributed by atoms with Gasteiger partial charge in [0.2, 0.25) is 0 Å². The Morgan fingerprint density at radius 2 is 1.75 bits per heavy atom. The summed E-state index contributed by atoms with van der Waals surface area (Å²) < 4.78 is 11.0. The number of aromatic nitrogens is 1. The molecule has 0 fully saturated rings. The van der Waals surface area contributed by atoms with Crippen LogP contribution in [0.3, 0.4) is 0 Å². The molecule has 0 radical (unpaired) electrons. The monoisotopic (exact) mass is 266 g/mol. The smallest absolute Gasteiger partial charge is 0.292 e. The number of oxazole rings is 1. The normalized spacial score (nSPS) is 10.4. The van der Waals surface area contributed by atoms with Gasteiger partial charge in [-0.1, -0.05) is 30.3 Å². The second-order valence-electron chi connectivity index (χ2n) is 4.36. The molecule has 0 aliphatic rings. The second-order valence-corrected chi connectivity index (χ2v) is 4.36. The molecule has 0 unspecified atom stereocenters. The third kappa shape index (κ3) is 2.80. The van der Waals surface area contributed by atoms with Crippen LogP contribution in [0.2, 0.25) is 0 Å². The number of hydrogen-bond acceptors (Lipinski definition) is 4. The van der Waals surface area contributed by atoms with Gasteiger partial charge in [-0.25, -0.2) is 4.98 Å². The van der Waals surface area contributed by atoms with E-state index in [4.69, 9.17) is 14.9 Å². The maximum atomic E-state index is 5.72. The number of nitrogens with two attached hydrogens (primary N) is 1. The zero-order chi connectivity index (χ0) is 13.8. The van der Waals surface area contributed by atoms with Gasteiger partial charge in [0.25, 0.3) is 6.01 Å². The minimum absolute atomic E-state index is 0.171. The highest BCUT2D eigenvalue weighted by atomic mass is 16.5. The Morgan fingerprint density at radius 3 is 2.40 bits per heavy atom. The van der Waals surface area contributed by atoms with Crippen LogP contribution >= 0.6 is 0 Å². The molecule has 100 valence electrons. The van der Waals surface area contributed by atoms with Gasteiger partial charge in [-0.2, -0.15) is 0 Å². The van der Waals surface area contributed by atoms with E-state index in [1.807, 2.05) is 54.6 Å². The topological polar surface area (TPSA) is 61.3 Å². The van der Waals surface area contributed by atoms with Crippen molar-refractivity contribution in [3.63, 3.8) is 0 Å². The van der Waals surface area contributed by atoms with E-state index < -0.39 is 0 Å². The van der Waals surface area contributed by atoms with Crippen LogP contribution in [-0.4, -0.2) is 4.98 Å². The van der Waals surface area contributed by atoms with E-state index in [9.17, 15) is 0 Å². The third-order valence-corrected chi connectivity index (χ3v) is 2.91. The molecule has 0 bridgehead atoms. The Bertz CT molecular complexity index is 675. The van der Waals surface area contributed by atoms with E-state index in [1.54, 1.807) is 6.20 Å². The van der Waals surface area contributed by atoms with Gasteiger partial charge in [-0.05, 0) is 29.8 Å². The van der Waals surface area contributed by atoms with E-state index in [2.05, 4.69) is 4.98 Å². The van der Waals surface area contributed by atoms with Crippen LogP contribution in [0.4, 0.5) is 6.01 Å². The number of hydrogen-bond donors (Lipinski definition) is 1. The average molecular weight is 266 g/mol. The van der Waals surface area contributed by atoms with Crippen molar-refractivity contribution in [2.24, 2.45) is 0 Å². The van der Waals surface area contributed by atoms with Crippen LogP contribution in [0.25, 0.3) is 11.3 Å². The van der Waals surface area contributed by atoms with Gasteiger partial charge >= 0.3 is 0 Å². The van der Waals surface area contributed by atoms with Crippen molar-refractivity contribution >= 4 is 6.01 Å². The number of rotatable bonds is 4. The lowest BCUT2D eigenvalue weighted by molar-refractivity contribution is 0.306. The summed E-state index contributed by atoms with van der Waals surface area (Å²) >= 11 is 0. The van der Waals surface area contributed by atoms with E-state index >= 15 is 0 Å². The lowest BCUT2D eigenvalue weighted by atomic mass is 10.2. The number of benzene rings is 2. The SMILES string of the molecule is Nc1ncc(-c2ccc(OCc3ccccc3)cc2)o1. The van der Waals surface area contributed by atoms with Crippen molar-refractivity contribution in [3.8, 4) is 17.1 Å². The molecule has 3 aromatic rings. The van der Waals surface area contributed by atoms with Crippen LogP contribution in [0.5, 0.6) is 5.75 Å². The van der Waals surface area contributed by atoms with E-state index in [0.717, 1.165) is 16.9 Å². The number of anilines is 1. The van der Waals surface area contributed by atoms with Gasteiger partial charge in [-0.15, -0.1) is 0 Å². The van der Waals surface area contributed by atoms with Crippen molar-refractivity contribution in [2.75, 3.05) is 5.73 Å². The number of nitrogens with zero attached hydrogens (tertiary/aromatic N) is 1. The molecule has 4 heteroatoms. The molecule has 1 aromatic heterocycles. The molecule has 20 heavy (non-hydrogen) atoms. The van der Waals surface area contributed by atoms with Crippen LogP contribution in [-0.2, 0) is 6.61 Å². The average Bonchev–Trinajstić information content (AvgIpc) is 2.93. The Balaban J connectivity index is 1.67. The van der Waals surface area contributed by atoms with E-state index in [1.165, 1.54) is 0 Å². The highest BCUT2D eigenvalue weighted by molar-refractivity contribution is 5.58. The minimum Gasteiger partial charge on any atom is -0.489 e. The van der Waals surface area contributed by atoms with Crippen molar-refractivity contribution in [3.05, 3.63) is 66.4 Å². The predicted molar refractivity (Wildman–Crippen MR) is 77.1 cm³/mol. The highest BCUT2D eigenvalue weighted by Gasteiger charge is 2.04. The van der Waals surface area contributed by atoms with Crippen LogP contribution < -0.4 is 10.5 Å². The summed E-state index contributed by atoms with van der Waals surface area (Å²) in [6.45, 7) is 0.551. The first-order valence-electron chi connectivity index (χ1n) is 6.30. The number of nitrogen functional groups attached to an aromatic ring is 1. The maximum absolute atomic E-state index is 5.72. The van der Waals surface area contributed by atoms with Gasteiger partial charge in [0, 0.05) is 5.56 Å². The van der Waals surface area contributed by atoms with Gasteiger partial charge in [0.1, 0.15) is 12.4 Å². The molecule has 2 aromatic carbocycles. The van der Waals surface area contributed by atoms with Crippen molar-refractivity contribution in [2.45, 2.75) is 6.61 Å². The Kier molecular flexibility index (Phi) is 3.37. The zero-order valence-corrected chi connectivity index (χ0v) is 10.8. The first kappa shape index (κ1) is 12.3. The quantitative estimate of drug-likeness (QED) is 0.785. The third-order valence-electron chi connectivity index (χ3n) is 2.91. The van der Waals surface area contributed by atoms with E-state index in [0.29, 0.717) is 12.4 Å². The second kappa shape index (κ2) is 5.48. The molecule has 0 amide bonds. The lowest BCUT2D eigenvalue weighted by Gasteiger charge is -2.06. The molecule has 0 saturated carbocycles. The van der Waals surface area contributed by atoms with Crippen LogP contribution in [0.1, 0.15) is 5.56 Å². The summed E-state index contributed by atoms with van der Waals surface area (Å²) in [6, 6.07) is 17.9. The first-order chi connectivity index (χ1) is 9.81. The summed E-state index contributed by atoms with van der Waals surface area (Å²) in [5.74, 6) is 1.46. The van der Waals surface area contributed by atoms with Crippen molar-refractivity contribution in [1.82, 2.24) is 4.98 Å². The van der Waals surface area contributed by atoms with Gasteiger partial charge in [0.05, 0.1) is 6.20 Å². The van der Waals surface area contributed by atoms with Crippen molar-refractivity contribution in [1.29, 1.82) is 0 Å². The number of ether oxygens (including phenoxy) is 1. The van der Waals surface area contributed by atoms with Crippen molar-refractivity contribution < 1.29 is 9.15 Å². The standard InChI is InChI=1S/C16H14N2O2/c17-16-18-10-15(20-16)13-6-8-14(9-7-13)19-11-12-4-2-1-3-5-12/h1-10H,11H2,(H2,17,18). The molecule has 1 heterocycles. The molecule has 3 rings (SSSR count). The summed E-state index contributed by atoms with van der Waals surface area (Å²) in [6.07, 6.45) is 1.61. The van der Waals surface area contributed by atoms with E-state index in [-0.39, 0.29) is 6.01 Å². The molecule has 0 aliphatic carbocycles. The Hall–Kier alpha value is -2.75. The Morgan fingerprint density at radius 1 is 1.00 bits per heavy atom. The molecule has 0 spiro atoms. The fourth-order valence-corrected chi connectivity index (χ4v) is 1.88. The molecule has 0 atom stereocenters. The minimum atomic E-state index is 0.171. The fourth-order valence-electron chi connectivity index (χ4n) is 1.88. The van der Waals surface area contributed by atoms with Gasteiger partial charge in [0.15, 0.2) is 5.76 Å². The summed E-state index contributed by atoms with van der Waals surface area (Å²) in [5, 5.41) is 0. The molecular weight excluding hydrogens is 252 g/mol. The first-order valence-corrected chi connectivity index (χ1v) is 6.30. The van der Waals surface area contributed by atoms with Crippen LogP contribution in [0, 0.1) is 0 Å². The molecule has 2 N–H and O–H groups in total. The largest absolute Gasteiger partial charge is 0.489 e. The summed E-state index contributed by atoms with van der Waals surface area (Å²) in [4.78, 5) is 3.87. The zero-order valence-electron chi connectivity index (χ0n) is 10.8. The summed E-state index contributed by atoms with van der Waals surface area (Å²) in [5.41, 5.74) is 7.51. The Labute approximate surface area is 116 Å². The predicted octanol–water partition coefficient (Wildman–Crippen LogP) is 3.50. The molecule has 0 saturated heterocycles. The lowest BCUT2D eigenvalue weighted by Crippen LogP contribution is -1.94. The van der Waals surface area contributed by atoms with Gasteiger partial charge < -0.3 is 14.9 Å². The highest BCUT2D eigenvalue weighted by Crippen LogP contribution is 2.24. The molecule has 4 nitrogen and oxygen atoms in total. The van der Waals surface area contributed by atoms with Gasteiger partial charge in [-0.3, -0.25) is 0 Å². The summed E-state index contributed by atoms with van der Waals surface area (Å²) in [7, 11) is 0. The fraction of sp³-hybridized carbons (Fsp3) is 0.0625. The van der Waals surface area contributed by atoms with Crippen LogP contribution in [0.15, 0.2) is 65.2 Å². The maximum Gasteiger partial charge on any atom is 0.292 e. The molecule has 0 aliphatic heterocycles. The molecular formula is C16H14N2O2.